The number of hydroxylamine groups is 2. The van der Waals surface area contributed by atoms with Crippen LogP contribution in [-0.2, 0) is 11.3 Å². The van der Waals surface area contributed by atoms with Gasteiger partial charge in [-0.3, -0.25) is 9.89 Å². The van der Waals surface area contributed by atoms with Gasteiger partial charge in [-0.2, -0.15) is 18.3 Å². The fraction of sp³-hybridized carbons (Fsp3) is 0.267. The summed E-state index contributed by atoms with van der Waals surface area (Å²) in [4.78, 5) is 19.5. The fourth-order valence-electron chi connectivity index (χ4n) is 2.48. The lowest BCUT2D eigenvalue weighted by Crippen LogP contribution is -2.27. The van der Waals surface area contributed by atoms with Gasteiger partial charge in [-0.15, -0.1) is 5.06 Å². The molecule has 0 saturated heterocycles. The van der Waals surface area contributed by atoms with E-state index in [0.29, 0.717) is 23.2 Å². The average molecular weight is 353 g/mol. The first-order valence-electron chi connectivity index (χ1n) is 7.23. The number of aromatic nitrogens is 2. The fourth-order valence-corrected chi connectivity index (χ4v) is 2.48. The number of halogens is 3. The average Bonchev–Trinajstić information content (AvgIpc) is 3.14. The number of hydrogen-bond acceptors (Lipinski definition) is 5. The van der Waals surface area contributed by atoms with Crippen molar-refractivity contribution in [2.75, 3.05) is 7.05 Å². The number of nitrogens with zero attached hydrogens (tertiary/aromatic N) is 3. The van der Waals surface area contributed by atoms with Crippen LogP contribution in [-0.4, -0.2) is 40.3 Å². The monoisotopic (exact) mass is 353 g/mol. The highest BCUT2D eigenvalue weighted by Gasteiger charge is 2.44. The first-order valence-corrected chi connectivity index (χ1v) is 7.23. The molecular formula is C15H14F3N5O2. The molecule has 2 aromatic rings. The Hall–Kier alpha value is -2.88. The Morgan fingerprint density at radius 3 is 2.60 bits per heavy atom. The molecule has 3 N–H and O–H groups in total. The number of H-pyrrole nitrogens is 1. The summed E-state index contributed by atoms with van der Waals surface area (Å²) in [6.07, 6.45) is -3.73. The van der Waals surface area contributed by atoms with Crippen LogP contribution in [0.2, 0.25) is 0 Å². The third-order valence-corrected chi connectivity index (χ3v) is 3.69. The van der Waals surface area contributed by atoms with E-state index in [4.69, 9.17) is 5.73 Å². The largest absolute Gasteiger partial charge is 0.470 e. The van der Waals surface area contributed by atoms with Crippen molar-refractivity contribution < 1.29 is 22.8 Å². The summed E-state index contributed by atoms with van der Waals surface area (Å²) in [5.41, 5.74) is 7.42. The molecule has 10 heteroatoms. The summed E-state index contributed by atoms with van der Waals surface area (Å²) in [5, 5.41) is 7.60. The second kappa shape index (κ2) is 6.20. The third kappa shape index (κ3) is 3.48. The Labute approximate surface area is 140 Å². The molecule has 1 atom stereocenters. The van der Waals surface area contributed by atoms with E-state index < -0.39 is 24.1 Å². The van der Waals surface area contributed by atoms with Crippen LogP contribution in [0, 0.1) is 0 Å². The molecule has 0 radical (unpaired) electrons. The van der Waals surface area contributed by atoms with Crippen molar-refractivity contribution in [3.63, 3.8) is 0 Å². The number of carbonyl (C=O) groups excluding carboxylic acids is 1. The molecule has 1 aromatic heterocycles. The van der Waals surface area contributed by atoms with Crippen molar-refractivity contribution in [1.82, 2.24) is 15.3 Å². The number of carbonyl (C=O) groups is 1. The molecule has 1 aliphatic heterocycles. The smallest absolute Gasteiger partial charge is 0.378 e. The summed E-state index contributed by atoms with van der Waals surface area (Å²) in [7, 11) is 1.38. The van der Waals surface area contributed by atoms with Gasteiger partial charge in [-0.1, -0.05) is 24.3 Å². The molecule has 132 valence electrons. The maximum atomic E-state index is 12.7. The van der Waals surface area contributed by atoms with Crippen LogP contribution in [0.5, 0.6) is 0 Å². The minimum Gasteiger partial charge on any atom is -0.378 e. The zero-order valence-electron chi connectivity index (χ0n) is 13.0. The van der Waals surface area contributed by atoms with Gasteiger partial charge in [-0.25, -0.2) is 4.99 Å². The molecule has 0 fully saturated rings. The third-order valence-electron chi connectivity index (χ3n) is 3.69. The summed E-state index contributed by atoms with van der Waals surface area (Å²) >= 11 is 0. The van der Waals surface area contributed by atoms with E-state index in [1.165, 1.54) is 13.2 Å². The lowest BCUT2D eigenvalue weighted by atomic mass is 10.0. The van der Waals surface area contributed by atoms with Crippen LogP contribution in [0.15, 0.2) is 35.5 Å². The minimum atomic E-state index is -4.63. The highest BCUT2D eigenvalue weighted by atomic mass is 19.4. The summed E-state index contributed by atoms with van der Waals surface area (Å²) in [6.45, 7) is 0. The van der Waals surface area contributed by atoms with Crippen molar-refractivity contribution in [2.45, 2.75) is 18.8 Å². The standard InChI is InChI=1S/C15H14F3N5O2/c1-23-13(21-14(25-23)15(16,17)18)9-4-2-8(3-5-9)6-11-10(12(19)24)7-20-22-11/h2-5,7,13H,6H2,1H3,(H2,19,24)(H,20,22). The van der Waals surface area contributed by atoms with Crippen LogP contribution >= 0.6 is 0 Å². The predicted molar refractivity (Wildman–Crippen MR) is 81.4 cm³/mol. The Balaban J connectivity index is 1.78. The van der Waals surface area contributed by atoms with Gasteiger partial charge in [0, 0.05) is 19.7 Å². The van der Waals surface area contributed by atoms with Crippen molar-refractivity contribution in [3.8, 4) is 0 Å². The SMILES string of the molecule is CN1OC(C(F)(F)F)=NC1c1ccc(Cc2n[nH]cc2C(N)=O)cc1. The number of amides is 1. The van der Waals surface area contributed by atoms with Gasteiger partial charge in [0.25, 0.3) is 5.91 Å². The lowest BCUT2D eigenvalue weighted by Gasteiger charge is -2.16. The zero-order valence-corrected chi connectivity index (χ0v) is 13.0. The Bertz CT molecular complexity index is 813. The van der Waals surface area contributed by atoms with E-state index in [1.54, 1.807) is 24.3 Å². The number of aromatic amines is 1. The molecule has 25 heavy (non-hydrogen) atoms. The normalized spacial score (nSPS) is 18.1. The number of aliphatic imine (C=N–C) groups is 1. The second-order valence-electron chi connectivity index (χ2n) is 5.47. The van der Waals surface area contributed by atoms with Gasteiger partial charge in [0.05, 0.1) is 11.3 Å². The molecule has 1 amide bonds. The molecule has 2 heterocycles. The summed E-state index contributed by atoms with van der Waals surface area (Å²) < 4.78 is 38.0. The van der Waals surface area contributed by atoms with Gasteiger partial charge in [0.15, 0.2) is 6.17 Å². The van der Waals surface area contributed by atoms with Gasteiger partial charge < -0.3 is 10.6 Å². The van der Waals surface area contributed by atoms with E-state index in [-0.39, 0.29) is 0 Å². The molecule has 1 aliphatic rings. The number of hydrogen-bond donors (Lipinski definition) is 2. The van der Waals surface area contributed by atoms with Crippen molar-refractivity contribution in [3.05, 3.63) is 52.8 Å². The zero-order chi connectivity index (χ0) is 18.2. The number of nitrogens with one attached hydrogen (secondary N) is 1. The molecule has 0 saturated carbocycles. The van der Waals surface area contributed by atoms with Crippen LogP contribution < -0.4 is 5.73 Å². The first-order chi connectivity index (χ1) is 11.8. The molecule has 0 spiro atoms. The van der Waals surface area contributed by atoms with E-state index in [9.17, 15) is 18.0 Å². The van der Waals surface area contributed by atoms with Gasteiger partial charge in [0.1, 0.15) is 0 Å². The molecule has 1 unspecified atom stereocenters. The topological polar surface area (TPSA) is 96.6 Å². The molecule has 0 bridgehead atoms. The quantitative estimate of drug-likeness (QED) is 0.878. The van der Waals surface area contributed by atoms with E-state index in [1.807, 2.05) is 0 Å². The van der Waals surface area contributed by atoms with Crippen LogP contribution in [0.1, 0.15) is 33.3 Å². The van der Waals surface area contributed by atoms with E-state index in [2.05, 4.69) is 20.0 Å². The number of primary amides is 1. The highest BCUT2D eigenvalue weighted by Crippen LogP contribution is 2.32. The first kappa shape index (κ1) is 17.0. The number of rotatable bonds is 4. The van der Waals surface area contributed by atoms with E-state index >= 15 is 0 Å². The second-order valence-corrected chi connectivity index (χ2v) is 5.47. The molecule has 3 rings (SSSR count). The predicted octanol–water partition coefficient (Wildman–Crippen LogP) is 1.94. The molecular weight excluding hydrogens is 339 g/mol. The van der Waals surface area contributed by atoms with Crippen molar-refractivity contribution >= 4 is 11.8 Å². The van der Waals surface area contributed by atoms with Crippen LogP contribution in [0.25, 0.3) is 0 Å². The van der Waals surface area contributed by atoms with Gasteiger partial charge >= 0.3 is 12.1 Å². The maximum absolute atomic E-state index is 12.7. The lowest BCUT2D eigenvalue weighted by molar-refractivity contribution is -0.122. The van der Waals surface area contributed by atoms with Crippen LogP contribution in [0.3, 0.4) is 0 Å². The van der Waals surface area contributed by atoms with Gasteiger partial charge in [-0.05, 0) is 11.1 Å². The molecule has 1 aromatic carbocycles. The maximum Gasteiger partial charge on any atom is 0.470 e. The van der Waals surface area contributed by atoms with Crippen molar-refractivity contribution in [2.24, 2.45) is 10.7 Å². The Morgan fingerprint density at radius 2 is 2.04 bits per heavy atom. The van der Waals surface area contributed by atoms with Crippen LogP contribution in [0.4, 0.5) is 13.2 Å². The number of alkyl halides is 3. The highest BCUT2D eigenvalue weighted by molar-refractivity contribution is 5.93. The van der Waals surface area contributed by atoms with Crippen molar-refractivity contribution in [1.29, 1.82) is 0 Å². The Kier molecular flexibility index (Phi) is 4.21. The minimum absolute atomic E-state index is 0.299. The van der Waals surface area contributed by atoms with Gasteiger partial charge in [0.2, 0.25) is 0 Å². The number of nitrogens with two attached hydrogens (primary N) is 1. The Morgan fingerprint density at radius 1 is 1.36 bits per heavy atom. The summed E-state index contributed by atoms with van der Waals surface area (Å²) in [5.74, 6) is -1.86. The molecule has 7 nitrogen and oxygen atoms in total. The number of benzene rings is 1. The van der Waals surface area contributed by atoms with E-state index in [0.717, 1.165) is 10.6 Å². The summed E-state index contributed by atoms with van der Waals surface area (Å²) in [6, 6.07) is 6.76. The molecule has 0 aliphatic carbocycles.